The number of hydrogen-bond donors (Lipinski definition) is 2. The molecule has 0 aliphatic heterocycles. The summed E-state index contributed by atoms with van der Waals surface area (Å²) in [5, 5.41) is 5.07. The Morgan fingerprint density at radius 1 is 1.10 bits per heavy atom. The van der Waals surface area contributed by atoms with Crippen LogP contribution in [0.15, 0.2) is 12.1 Å². The normalized spacial score (nSPS) is 13.1. The SMILES string of the molecule is CNC(=O)Oc1ccc(N(C)C(=O)NC)c2c1CCCC2. The predicted octanol–water partition coefficient (Wildman–Crippen LogP) is 2.06. The zero-order valence-corrected chi connectivity index (χ0v) is 12.7. The van der Waals surface area contributed by atoms with E-state index in [0.29, 0.717) is 5.75 Å². The number of urea groups is 1. The minimum Gasteiger partial charge on any atom is -0.410 e. The molecule has 114 valence electrons. The topological polar surface area (TPSA) is 70.7 Å². The first-order valence-electron chi connectivity index (χ1n) is 7.08. The Morgan fingerprint density at radius 2 is 1.76 bits per heavy atom. The molecule has 3 amide bonds. The average Bonchev–Trinajstić information content (AvgIpc) is 2.53. The molecular formula is C15H21N3O3. The van der Waals surface area contributed by atoms with Gasteiger partial charge in [-0.2, -0.15) is 0 Å². The Labute approximate surface area is 124 Å². The second kappa shape index (κ2) is 6.47. The van der Waals surface area contributed by atoms with E-state index < -0.39 is 6.09 Å². The molecule has 0 aromatic heterocycles. The summed E-state index contributed by atoms with van der Waals surface area (Å²) in [6, 6.07) is 3.42. The number of carbonyl (C=O) groups is 2. The number of hydrogen-bond acceptors (Lipinski definition) is 3. The number of carbonyl (C=O) groups excluding carboxylic acids is 2. The molecule has 0 atom stereocenters. The van der Waals surface area contributed by atoms with E-state index >= 15 is 0 Å². The van der Waals surface area contributed by atoms with E-state index in [1.165, 1.54) is 7.05 Å². The maximum atomic E-state index is 11.8. The van der Waals surface area contributed by atoms with Crippen LogP contribution in [-0.2, 0) is 12.8 Å². The molecule has 0 heterocycles. The second-order valence-corrected chi connectivity index (χ2v) is 5.00. The fourth-order valence-corrected chi connectivity index (χ4v) is 2.65. The van der Waals surface area contributed by atoms with Crippen molar-refractivity contribution in [1.29, 1.82) is 0 Å². The first kappa shape index (κ1) is 15.2. The van der Waals surface area contributed by atoms with Gasteiger partial charge in [0.05, 0.1) is 0 Å². The number of ether oxygens (including phenoxy) is 1. The third kappa shape index (κ3) is 3.09. The van der Waals surface area contributed by atoms with E-state index in [1.807, 2.05) is 6.07 Å². The molecule has 1 aromatic rings. The first-order valence-corrected chi connectivity index (χ1v) is 7.08. The lowest BCUT2D eigenvalue weighted by atomic mass is 9.89. The molecule has 0 saturated heterocycles. The van der Waals surface area contributed by atoms with Gasteiger partial charge in [0, 0.05) is 32.4 Å². The van der Waals surface area contributed by atoms with Gasteiger partial charge in [0.2, 0.25) is 0 Å². The fraction of sp³-hybridized carbons (Fsp3) is 0.467. The lowest BCUT2D eigenvalue weighted by Gasteiger charge is -2.26. The highest BCUT2D eigenvalue weighted by Gasteiger charge is 2.22. The average molecular weight is 291 g/mol. The fourth-order valence-electron chi connectivity index (χ4n) is 2.65. The summed E-state index contributed by atoms with van der Waals surface area (Å²) >= 11 is 0. The molecule has 2 rings (SSSR count). The van der Waals surface area contributed by atoms with Crippen molar-refractivity contribution in [2.45, 2.75) is 25.7 Å². The quantitative estimate of drug-likeness (QED) is 0.876. The second-order valence-electron chi connectivity index (χ2n) is 5.00. The molecule has 1 aliphatic carbocycles. The number of amides is 3. The minimum atomic E-state index is -0.477. The number of rotatable bonds is 2. The lowest BCUT2D eigenvalue weighted by Crippen LogP contribution is -2.35. The van der Waals surface area contributed by atoms with Gasteiger partial charge < -0.3 is 15.4 Å². The van der Waals surface area contributed by atoms with Crippen molar-refractivity contribution < 1.29 is 14.3 Å². The van der Waals surface area contributed by atoms with Gasteiger partial charge in [-0.05, 0) is 43.4 Å². The zero-order chi connectivity index (χ0) is 15.4. The van der Waals surface area contributed by atoms with Crippen LogP contribution in [0.1, 0.15) is 24.0 Å². The van der Waals surface area contributed by atoms with Crippen LogP contribution in [0.25, 0.3) is 0 Å². The predicted molar refractivity (Wildman–Crippen MR) is 81.0 cm³/mol. The summed E-state index contributed by atoms with van der Waals surface area (Å²) in [6.45, 7) is 0. The van der Waals surface area contributed by atoms with E-state index in [4.69, 9.17) is 4.74 Å². The third-order valence-corrected chi connectivity index (χ3v) is 3.75. The minimum absolute atomic E-state index is 0.164. The Kier molecular flexibility index (Phi) is 4.67. The van der Waals surface area contributed by atoms with Gasteiger partial charge >= 0.3 is 12.1 Å². The molecule has 6 nitrogen and oxygen atoms in total. The van der Waals surface area contributed by atoms with Crippen LogP contribution in [0.3, 0.4) is 0 Å². The Bertz CT molecular complexity index is 557. The molecule has 1 aromatic carbocycles. The molecular weight excluding hydrogens is 270 g/mol. The Morgan fingerprint density at radius 3 is 2.38 bits per heavy atom. The van der Waals surface area contributed by atoms with Crippen molar-refractivity contribution in [1.82, 2.24) is 10.6 Å². The number of anilines is 1. The first-order chi connectivity index (χ1) is 10.1. The van der Waals surface area contributed by atoms with E-state index in [0.717, 1.165) is 42.5 Å². The van der Waals surface area contributed by atoms with Crippen molar-refractivity contribution in [2.75, 3.05) is 26.0 Å². The van der Waals surface area contributed by atoms with Gasteiger partial charge in [-0.15, -0.1) is 0 Å². The highest BCUT2D eigenvalue weighted by Crippen LogP contribution is 2.36. The lowest BCUT2D eigenvalue weighted by molar-refractivity contribution is 0.202. The highest BCUT2D eigenvalue weighted by molar-refractivity contribution is 5.92. The molecule has 0 fully saturated rings. The van der Waals surface area contributed by atoms with Crippen molar-refractivity contribution >= 4 is 17.8 Å². The molecule has 0 radical (unpaired) electrons. The van der Waals surface area contributed by atoms with Crippen LogP contribution in [0.4, 0.5) is 15.3 Å². The van der Waals surface area contributed by atoms with Crippen LogP contribution >= 0.6 is 0 Å². The smallest absolute Gasteiger partial charge is 0.410 e. The summed E-state index contributed by atoms with van der Waals surface area (Å²) in [6.07, 6.45) is 3.40. The van der Waals surface area contributed by atoms with Crippen molar-refractivity contribution in [3.63, 3.8) is 0 Å². The van der Waals surface area contributed by atoms with Crippen LogP contribution in [0.5, 0.6) is 5.75 Å². The van der Waals surface area contributed by atoms with Crippen LogP contribution in [0.2, 0.25) is 0 Å². The molecule has 2 N–H and O–H groups in total. The van der Waals surface area contributed by atoms with Crippen molar-refractivity contribution in [3.05, 3.63) is 23.3 Å². The summed E-state index contributed by atoms with van der Waals surface area (Å²) in [7, 11) is 4.87. The summed E-state index contributed by atoms with van der Waals surface area (Å²) in [5.74, 6) is 0.582. The molecule has 1 aliphatic rings. The van der Waals surface area contributed by atoms with Crippen molar-refractivity contribution in [2.24, 2.45) is 0 Å². The highest BCUT2D eigenvalue weighted by atomic mass is 16.6. The Hall–Kier alpha value is -2.24. The monoisotopic (exact) mass is 291 g/mol. The van der Waals surface area contributed by atoms with Gasteiger partial charge in [0.25, 0.3) is 0 Å². The van der Waals surface area contributed by atoms with Crippen LogP contribution in [-0.4, -0.2) is 33.3 Å². The number of nitrogens with one attached hydrogen (secondary N) is 2. The molecule has 0 saturated carbocycles. The maximum Gasteiger partial charge on any atom is 0.412 e. The van der Waals surface area contributed by atoms with Gasteiger partial charge in [-0.1, -0.05) is 0 Å². The third-order valence-electron chi connectivity index (χ3n) is 3.75. The summed E-state index contributed by atoms with van der Waals surface area (Å²) in [5.41, 5.74) is 2.99. The number of nitrogens with zero attached hydrogens (tertiary/aromatic N) is 1. The zero-order valence-electron chi connectivity index (χ0n) is 12.7. The molecule has 6 heteroatoms. The molecule has 0 bridgehead atoms. The largest absolute Gasteiger partial charge is 0.412 e. The van der Waals surface area contributed by atoms with Crippen LogP contribution < -0.4 is 20.3 Å². The van der Waals surface area contributed by atoms with Gasteiger partial charge in [-0.25, -0.2) is 9.59 Å². The van der Waals surface area contributed by atoms with Gasteiger partial charge in [0.1, 0.15) is 5.75 Å². The summed E-state index contributed by atoms with van der Waals surface area (Å²) < 4.78 is 5.31. The molecule has 0 spiro atoms. The van der Waals surface area contributed by atoms with E-state index in [1.54, 1.807) is 25.1 Å². The number of benzene rings is 1. The van der Waals surface area contributed by atoms with Gasteiger partial charge in [-0.3, -0.25) is 4.90 Å². The van der Waals surface area contributed by atoms with E-state index in [-0.39, 0.29) is 6.03 Å². The molecule has 21 heavy (non-hydrogen) atoms. The van der Waals surface area contributed by atoms with Gasteiger partial charge in [0.15, 0.2) is 0 Å². The standard InChI is InChI=1S/C15H21N3O3/c1-16-14(19)18(3)12-8-9-13(21-15(20)17-2)11-7-5-4-6-10(11)12/h8-9H,4-7H2,1-3H3,(H,16,19)(H,17,20). The Balaban J connectivity index is 2.41. The van der Waals surface area contributed by atoms with E-state index in [2.05, 4.69) is 10.6 Å². The van der Waals surface area contributed by atoms with E-state index in [9.17, 15) is 9.59 Å². The van der Waals surface area contributed by atoms with Crippen molar-refractivity contribution in [3.8, 4) is 5.75 Å². The molecule has 0 unspecified atom stereocenters. The maximum absolute atomic E-state index is 11.8. The number of fused-ring (bicyclic) bond motifs is 1. The summed E-state index contributed by atoms with van der Waals surface area (Å²) in [4.78, 5) is 24.9. The van der Waals surface area contributed by atoms with Crippen LogP contribution in [0, 0.1) is 0 Å².